The van der Waals surface area contributed by atoms with Gasteiger partial charge in [0.25, 0.3) is 0 Å². The van der Waals surface area contributed by atoms with Crippen molar-refractivity contribution in [1.29, 1.82) is 0 Å². The van der Waals surface area contributed by atoms with Crippen LogP contribution in [0.3, 0.4) is 0 Å². The molecule has 24 heavy (non-hydrogen) atoms. The topological polar surface area (TPSA) is 133 Å². The molecule has 2 unspecified atom stereocenters. The predicted octanol–water partition coefficient (Wildman–Crippen LogP) is -0.491. The summed E-state index contributed by atoms with van der Waals surface area (Å²) in [5.41, 5.74) is 0. The van der Waals surface area contributed by atoms with Crippen molar-refractivity contribution in [2.45, 2.75) is 53.9 Å². The third-order valence-corrected chi connectivity index (χ3v) is 2.90. The molecule has 0 saturated heterocycles. The number of aliphatic carboxylic acids is 2. The van der Waals surface area contributed by atoms with Crippen molar-refractivity contribution < 1.29 is 58.6 Å². The van der Waals surface area contributed by atoms with Gasteiger partial charge in [-0.2, -0.15) is 0 Å². The fourth-order valence-electron chi connectivity index (χ4n) is 1.37. The van der Waals surface area contributed by atoms with E-state index in [1.807, 2.05) is 6.92 Å². The first-order valence-corrected chi connectivity index (χ1v) is 8.11. The van der Waals surface area contributed by atoms with Gasteiger partial charge in [0, 0.05) is 0 Å². The molecule has 0 saturated carbocycles. The zero-order valence-electron chi connectivity index (χ0n) is 14.7. The molecule has 0 aliphatic carbocycles. The Hall–Kier alpha value is -1.09. The molecule has 0 spiro atoms. The summed E-state index contributed by atoms with van der Waals surface area (Å²) >= 11 is 1.51. The van der Waals surface area contributed by atoms with Crippen LogP contribution in [0.1, 0.15) is 53.9 Å². The molecule has 8 nitrogen and oxygen atoms in total. The van der Waals surface area contributed by atoms with E-state index in [0.717, 1.165) is 6.42 Å². The van der Waals surface area contributed by atoms with Gasteiger partial charge in [0.05, 0.1) is 23.8 Å². The van der Waals surface area contributed by atoms with E-state index in [9.17, 15) is 29.4 Å². The summed E-state index contributed by atoms with van der Waals surface area (Å²) in [7, 11) is 0. The number of hydrogen-bond acceptors (Lipinski definition) is 8. The van der Waals surface area contributed by atoms with Gasteiger partial charge in [0.1, 0.15) is 11.6 Å². The van der Waals surface area contributed by atoms with E-state index in [1.54, 1.807) is 13.8 Å². The minimum atomic E-state index is -1.27. The van der Waals surface area contributed by atoms with E-state index in [1.165, 1.54) is 34.7 Å². The van der Waals surface area contributed by atoms with E-state index < -0.39 is 23.8 Å². The number of carboxylic acid groups (broad SMARTS) is 2. The first-order chi connectivity index (χ1) is 11.1. The van der Waals surface area contributed by atoms with Gasteiger partial charge in [-0.15, -0.1) is 0 Å². The summed E-state index contributed by atoms with van der Waals surface area (Å²) in [6, 6.07) is 0. The summed E-state index contributed by atoms with van der Waals surface area (Å²) < 4.78 is 4.28. The maximum absolute atomic E-state index is 10.4. The first-order valence-electron chi connectivity index (χ1n) is 7.48. The summed E-state index contributed by atoms with van der Waals surface area (Å²) in [4.78, 5) is 45.4. The van der Waals surface area contributed by atoms with Crippen LogP contribution in [0.4, 0.5) is 0 Å². The Kier molecular flexibility index (Phi) is 21.1. The third kappa shape index (κ3) is 17.3. The molecule has 0 aromatic rings. The molecule has 0 fully saturated rings. The average molecular weight is 381 g/mol. The van der Waals surface area contributed by atoms with Gasteiger partial charge in [-0.25, -0.2) is 0 Å². The monoisotopic (exact) mass is 381 g/mol. The molecule has 0 aliphatic rings. The van der Waals surface area contributed by atoms with Crippen LogP contribution in [0.5, 0.6) is 0 Å². The van der Waals surface area contributed by atoms with Crippen molar-refractivity contribution in [3.63, 3.8) is 0 Å². The van der Waals surface area contributed by atoms with E-state index in [0.29, 0.717) is 19.4 Å². The second-order valence-electron chi connectivity index (χ2n) is 4.69. The Morgan fingerprint density at radius 1 is 0.875 bits per heavy atom. The Morgan fingerprint density at radius 2 is 1.21 bits per heavy atom. The number of hydrogen-bond donors (Lipinski definition) is 0. The van der Waals surface area contributed by atoms with Gasteiger partial charge in [0.2, 0.25) is 0 Å². The van der Waals surface area contributed by atoms with Crippen LogP contribution in [-0.4, -0.2) is 30.1 Å². The van der Waals surface area contributed by atoms with Crippen molar-refractivity contribution in [2.75, 3.05) is 6.61 Å². The number of carbonyl (C=O) groups excluding carboxylic acids is 4. The van der Waals surface area contributed by atoms with Gasteiger partial charge < -0.3 is 19.8 Å². The van der Waals surface area contributed by atoms with Gasteiger partial charge >= 0.3 is 49.1 Å². The minimum absolute atomic E-state index is 0.317. The van der Waals surface area contributed by atoms with Crippen LogP contribution in [0.25, 0.3) is 0 Å². The molecular formula is C15H25O8Ti. The molecule has 0 heterocycles. The second-order valence-corrected chi connectivity index (χ2v) is 4.95. The fraction of sp³-hybridized carbons (Fsp3) is 0.733. The van der Waals surface area contributed by atoms with Crippen LogP contribution in [0, 0.1) is 11.8 Å². The molecule has 0 radical (unpaired) electrons. The van der Waals surface area contributed by atoms with Crippen molar-refractivity contribution in [2.24, 2.45) is 11.8 Å². The zero-order chi connectivity index (χ0) is 19.7. The Balaban J connectivity index is -0.000000282. The summed E-state index contributed by atoms with van der Waals surface area (Å²) in [5, 5.41) is 20.1. The van der Waals surface area contributed by atoms with Crippen LogP contribution in [-0.2, 0) is 48.4 Å². The van der Waals surface area contributed by atoms with Crippen LogP contribution >= 0.6 is 0 Å². The molecule has 2 atom stereocenters. The second kappa shape index (κ2) is 18.3. The Morgan fingerprint density at radius 3 is 1.25 bits per heavy atom. The summed E-state index contributed by atoms with van der Waals surface area (Å²) in [6.07, 6.45) is 1.64. The first kappa shape index (κ1) is 27.7. The van der Waals surface area contributed by atoms with Crippen LogP contribution < -0.4 is 10.2 Å². The van der Waals surface area contributed by atoms with Gasteiger partial charge in [-0.1, -0.05) is 13.8 Å². The number of rotatable bonds is 9. The van der Waals surface area contributed by atoms with Gasteiger partial charge in [-0.05, 0) is 26.7 Å². The number of carbonyl (C=O) groups is 4. The zero-order valence-corrected chi connectivity index (χ0v) is 16.3. The number of Topliss-reactive ketones (excluding diaryl/α,β-unsaturated/α-hetero) is 2. The van der Waals surface area contributed by atoms with Crippen molar-refractivity contribution >= 4 is 23.5 Å². The molecular weight excluding hydrogens is 356 g/mol. The number of carboxylic acids is 2. The molecule has 0 aromatic carbocycles. The molecule has 0 aliphatic heterocycles. The van der Waals surface area contributed by atoms with Crippen molar-refractivity contribution in [3.05, 3.63) is 0 Å². The molecule has 0 amide bonds. The van der Waals surface area contributed by atoms with E-state index in [4.69, 9.17) is 0 Å². The quantitative estimate of drug-likeness (QED) is 0.172. The Labute approximate surface area is 154 Å². The third-order valence-electron chi connectivity index (χ3n) is 2.71. The van der Waals surface area contributed by atoms with Crippen molar-refractivity contribution in [1.82, 2.24) is 0 Å². The fourth-order valence-corrected chi connectivity index (χ4v) is 1.50. The van der Waals surface area contributed by atoms with Crippen LogP contribution in [0.2, 0.25) is 0 Å². The van der Waals surface area contributed by atoms with E-state index in [-0.39, 0.29) is 11.6 Å². The van der Waals surface area contributed by atoms with Crippen LogP contribution in [0.15, 0.2) is 0 Å². The van der Waals surface area contributed by atoms with E-state index >= 15 is 0 Å². The molecule has 0 bridgehead atoms. The average Bonchev–Trinajstić information content (AvgIpc) is 2.46. The SMILES string of the molecule is CCC(C(C)=O)C(=O)[O-].CCC(C(C)=O)C(=O)[O-].CCCO[O][Ti+2]. The number of ketones is 2. The summed E-state index contributed by atoms with van der Waals surface area (Å²) in [6.45, 7) is 8.51. The summed E-state index contributed by atoms with van der Waals surface area (Å²) in [5.74, 6) is -5.04. The maximum atomic E-state index is 10.4. The van der Waals surface area contributed by atoms with Gasteiger partial charge in [-0.3, -0.25) is 9.59 Å². The molecule has 137 valence electrons. The predicted molar refractivity (Wildman–Crippen MR) is 76.3 cm³/mol. The standard InChI is InChI=1S/2C6H10O3.C3H8O2.Ti/c2*1-3-5(4(2)7)6(8)9;1-2-3-5-4;/h2*5H,3H2,1-2H3,(H,8,9);4H,2-3H2,1H3;/q;;;+3/p-3. The molecule has 0 aromatic heterocycles. The van der Waals surface area contributed by atoms with Crippen molar-refractivity contribution in [3.8, 4) is 0 Å². The molecule has 0 rings (SSSR count). The molecule has 0 N–H and O–H groups in total. The van der Waals surface area contributed by atoms with Gasteiger partial charge in [0.15, 0.2) is 0 Å². The van der Waals surface area contributed by atoms with E-state index in [2.05, 4.69) is 8.36 Å². The Bertz CT molecular complexity index is 320. The normalized spacial score (nSPS) is 11.8. The molecule has 9 heteroatoms.